The standard InChI is InChI=1S/C21H19N3O4S2/c1-3-23-18-6-4-5-7-19(18)29-20(23)13-12-17-14(2)22-24(21(17)25)15-8-10-16(11-9-15)30(26,27)28/h4-13,22H,2-3H2,1H3,(H,26,27,28)/b17-12-,20-13-. The molecular weight excluding hydrogens is 422 g/mol. The molecule has 30 heavy (non-hydrogen) atoms. The van der Waals surface area contributed by atoms with Gasteiger partial charge in [-0.05, 0) is 55.5 Å². The first-order valence-electron chi connectivity index (χ1n) is 9.14. The van der Waals surface area contributed by atoms with Crippen molar-refractivity contribution >= 4 is 40.2 Å². The van der Waals surface area contributed by atoms with E-state index in [4.69, 9.17) is 4.55 Å². The summed E-state index contributed by atoms with van der Waals surface area (Å²) in [4.78, 5) is 16.0. The van der Waals surface area contributed by atoms with Gasteiger partial charge >= 0.3 is 0 Å². The smallest absolute Gasteiger partial charge is 0.294 e. The number of hydrogen-bond acceptors (Lipinski definition) is 5. The summed E-state index contributed by atoms with van der Waals surface area (Å²) in [5, 5.41) is 4.78. The lowest BCUT2D eigenvalue weighted by Gasteiger charge is -2.17. The molecule has 0 bridgehead atoms. The fraction of sp³-hybridized carbons (Fsp3) is 0.0952. The highest BCUT2D eigenvalue weighted by molar-refractivity contribution is 8.03. The fourth-order valence-electron chi connectivity index (χ4n) is 3.27. The van der Waals surface area contributed by atoms with Crippen LogP contribution in [0.5, 0.6) is 0 Å². The number of aromatic nitrogens is 2. The van der Waals surface area contributed by atoms with Crippen LogP contribution >= 0.6 is 11.8 Å². The molecule has 1 aliphatic rings. The van der Waals surface area contributed by atoms with Gasteiger partial charge in [0, 0.05) is 11.4 Å². The summed E-state index contributed by atoms with van der Waals surface area (Å²) in [6, 6.07) is 13.5. The van der Waals surface area contributed by atoms with E-state index in [0.29, 0.717) is 16.3 Å². The van der Waals surface area contributed by atoms with Gasteiger partial charge in [-0.3, -0.25) is 14.4 Å². The minimum Gasteiger partial charge on any atom is -0.335 e. The van der Waals surface area contributed by atoms with E-state index >= 15 is 0 Å². The van der Waals surface area contributed by atoms with E-state index in [1.54, 1.807) is 17.8 Å². The second-order valence-corrected chi connectivity index (χ2v) is 9.08. The van der Waals surface area contributed by atoms with Gasteiger partial charge in [-0.25, -0.2) is 4.68 Å². The molecule has 0 amide bonds. The summed E-state index contributed by atoms with van der Waals surface area (Å²) in [6.07, 6.45) is 3.64. The van der Waals surface area contributed by atoms with Crippen LogP contribution in [0.3, 0.4) is 0 Å². The number of rotatable bonds is 4. The van der Waals surface area contributed by atoms with Gasteiger partial charge in [-0.1, -0.05) is 30.5 Å². The van der Waals surface area contributed by atoms with Gasteiger partial charge < -0.3 is 4.90 Å². The summed E-state index contributed by atoms with van der Waals surface area (Å²) in [5.74, 6) is 0. The van der Waals surface area contributed by atoms with Crippen molar-refractivity contribution in [2.45, 2.75) is 16.7 Å². The predicted octanol–water partition coefficient (Wildman–Crippen LogP) is 2.08. The lowest BCUT2D eigenvalue weighted by molar-refractivity contribution is 0.483. The van der Waals surface area contributed by atoms with Crippen LogP contribution in [0.15, 0.2) is 74.2 Å². The summed E-state index contributed by atoms with van der Waals surface area (Å²) in [7, 11) is -4.29. The topological polar surface area (TPSA) is 95.4 Å². The van der Waals surface area contributed by atoms with E-state index in [9.17, 15) is 13.2 Å². The van der Waals surface area contributed by atoms with E-state index in [1.807, 2.05) is 18.2 Å². The van der Waals surface area contributed by atoms with Gasteiger partial charge in [-0.15, -0.1) is 0 Å². The molecule has 9 heteroatoms. The van der Waals surface area contributed by atoms with Crippen molar-refractivity contribution in [3.05, 3.63) is 80.6 Å². The minimum absolute atomic E-state index is 0.241. The monoisotopic (exact) mass is 441 g/mol. The number of allylic oxidation sites excluding steroid dienone is 1. The number of fused-ring (bicyclic) bond motifs is 1. The molecule has 0 saturated heterocycles. The quantitative estimate of drug-likeness (QED) is 0.602. The average molecular weight is 442 g/mol. The van der Waals surface area contributed by atoms with E-state index in [0.717, 1.165) is 17.3 Å². The molecule has 0 saturated carbocycles. The summed E-state index contributed by atoms with van der Waals surface area (Å²) >= 11 is 1.64. The first-order valence-corrected chi connectivity index (χ1v) is 11.4. The Bertz CT molecular complexity index is 1420. The maximum atomic E-state index is 12.9. The second-order valence-electron chi connectivity index (χ2n) is 6.60. The zero-order valence-electron chi connectivity index (χ0n) is 16.1. The minimum atomic E-state index is -4.29. The zero-order chi connectivity index (χ0) is 21.5. The molecule has 0 aliphatic carbocycles. The molecule has 1 aromatic heterocycles. The molecule has 2 N–H and O–H groups in total. The number of hydrogen-bond donors (Lipinski definition) is 2. The summed E-state index contributed by atoms with van der Waals surface area (Å²) < 4.78 is 32.8. The van der Waals surface area contributed by atoms with Crippen molar-refractivity contribution in [1.29, 1.82) is 0 Å². The third-order valence-corrected chi connectivity index (χ3v) is 6.74. The molecule has 2 aromatic carbocycles. The maximum absolute atomic E-state index is 12.9. The van der Waals surface area contributed by atoms with Crippen molar-refractivity contribution in [2.24, 2.45) is 0 Å². The number of H-pyrrole nitrogens is 1. The second kappa shape index (κ2) is 7.67. The number of benzene rings is 2. The number of anilines is 1. The Kier molecular flexibility index (Phi) is 5.19. The first kappa shape index (κ1) is 20.3. The number of aromatic amines is 1. The largest absolute Gasteiger partial charge is 0.335 e. The van der Waals surface area contributed by atoms with Crippen LogP contribution in [0.4, 0.5) is 5.69 Å². The lowest BCUT2D eigenvalue weighted by atomic mass is 10.3. The molecule has 1 aliphatic heterocycles. The normalized spacial score (nSPS) is 15.7. The van der Waals surface area contributed by atoms with Crippen molar-refractivity contribution in [3.63, 3.8) is 0 Å². The van der Waals surface area contributed by atoms with Crippen LogP contribution < -0.4 is 21.0 Å². The molecule has 0 radical (unpaired) electrons. The van der Waals surface area contributed by atoms with Gasteiger partial charge in [-0.2, -0.15) is 8.42 Å². The Morgan fingerprint density at radius 2 is 1.83 bits per heavy atom. The molecule has 4 rings (SSSR count). The molecule has 3 aromatic rings. The summed E-state index contributed by atoms with van der Waals surface area (Å²) in [5.41, 5.74) is 1.27. The molecular formula is C21H19N3O4S2. The fourth-order valence-corrected chi connectivity index (χ4v) is 4.88. The molecule has 0 fully saturated rings. The highest BCUT2D eigenvalue weighted by atomic mass is 32.2. The van der Waals surface area contributed by atoms with Gasteiger partial charge in [0.25, 0.3) is 15.7 Å². The van der Waals surface area contributed by atoms with Crippen LogP contribution in [-0.4, -0.2) is 29.3 Å². The van der Waals surface area contributed by atoms with E-state index < -0.39 is 10.1 Å². The van der Waals surface area contributed by atoms with Gasteiger partial charge in [0.1, 0.15) is 0 Å². The zero-order valence-corrected chi connectivity index (χ0v) is 17.7. The molecule has 0 unspecified atom stereocenters. The Labute approximate surface area is 177 Å². The predicted molar refractivity (Wildman–Crippen MR) is 119 cm³/mol. The Hall–Kier alpha value is -3.01. The SMILES string of the molecule is C=c1[nH]n(-c2ccc(S(=O)(=O)O)cc2)c(=O)/c1=C\C=C1/Sc2ccccc2N1CC. The van der Waals surface area contributed by atoms with Crippen molar-refractivity contribution in [1.82, 2.24) is 9.78 Å². The maximum Gasteiger partial charge on any atom is 0.294 e. The van der Waals surface area contributed by atoms with Gasteiger partial charge in [0.05, 0.1) is 31.9 Å². The number of thioether (sulfide) groups is 1. The Morgan fingerprint density at radius 3 is 2.50 bits per heavy atom. The van der Waals surface area contributed by atoms with Crippen LogP contribution in [-0.2, 0) is 10.1 Å². The molecule has 7 nitrogen and oxygen atoms in total. The average Bonchev–Trinajstić information content (AvgIpc) is 3.22. The van der Waals surface area contributed by atoms with Crippen LogP contribution in [0.25, 0.3) is 18.3 Å². The number of para-hydroxylation sites is 1. The Morgan fingerprint density at radius 1 is 1.13 bits per heavy atom. The Balaban J connectivity index is 1.73. The molecule has 0 atom stereocenters. The number of nitrogens with one attached hydrogen (secondary N) is 1. The van der Waals surface area contributed by atoms with E-state index in [-0.39, 0.29) is 10.5 Å². The van der Waals surface area contributed by atoms with Crippen LogP contribution in [0.1, 0.15) is 6.92 Å². The van der Waals surface area contributed by atoms with Gasteiger partial charge in [0.2, 0.25) is 0 Å². The van der Waals surface area contributed by atoms with E-state index in [1.165, 1.54) is 33.8 Å². The molecule has 0 spiro atoms. The highest BCUT2D eigenvalue weighted by Gasteiger charge is 2.22. The summed E-state index contributed by atoms with van der Waals surface area (Å²) in [6.45, 7) is 6.79. The van der Waals surface area contributed by atoms with Gasteiger partial charge in [0.15, 0.2) is 0 Å². The highest BCUT2D eigenvalue weighted by Crippen LogP contribution is 2.45. The number of nitrogens with zero attached hydrogens (tertiary/aromatic N) is 2. The van der Waals surface area contributed by atoms with Crippen LogP contribution in [0, 0.1) is 0 Å². The molecule has 154 valence electrons. The van der Waals surface area contributed by atoms with E-state index in [2.05, 4.69) is 35.6 Å². The third kappa shape index (κ3) is 3.62. The first-order chi connectivity index (χ1) is 14.3. The van der Waals surface area contributed by atoms with Crippen molar-refractivity contribution < 1.29 is 13.0 Å². The lowest BCUT2D eigenvalue weighted by Crippen LogP contribution is -2.33. The third-order valence-electron chi connectivity index (χ3n) is 4.74. The molecule has 2 heterocycles. The van der Waals surface area contributed by atoms with Crippen molar-refractivity contribution in [2.75, 3.05) is 11.4 Å². The van der Waals surface area contributed by atoms with Crippen molar-refractivity contribution in [3.8, 4) is 5.69 Å². The van der Waals surface area contributed by atoms with Crippen LogP contribution in [0.2, 0.25) is 0 Å².